The predicted molar refractivity (Wildman–Crippen MR) is 88.7 cm³/mol. The number of rotatable bonds is 5. The lowest BCUT2D eigenvalue weighted by atomic mass is 10.2. The van der Waals surface area contributed by atoms with Crippen LogP contribution in [0, 0.1) is 0 Å². The Labute approximate surface area is 138 Å². The Morgan fingerprint density at radius 3 is 2.55 bits per heavy atom. The molecule has 0 aliphatic rings. The number of ether oxygens (including phenoxy) is 1. The molecule has 4 nitrogen and oxygen atoms in total. The Bertz CT molecular complexity index is 672. The fourth-order valence-electron chi connectivity index (χ4n) is 1.61. The van der Waals surface area contributed by atoms with E-state index in [1.165, 1.54) is 6.21 Å². The highest BCUT2D eigenvalue weighted by molar-refractivity contribution is 6.33. The maximum Gasteiger partial charge on any atom is 0.280 e. The summed E-state index contributed by atoms with van der Waals surface area (Å²) in [5.41, 5.74) is 3.13. The largest absolute Gasteiger partial charge is 0.481 e. The Morgan fingerprint density at radius 1 is 1.18 bits per heavy atom. The number of nitrogens with one attached hydrogen (secondary N) is 1. The van der Waals surface area contributed by atoms with Crippen molar-refractivity contribution in [1.29, 1.82) is 0 Å². The monoisotopic (exact) mass is 336 g/mol. The van der Waals surface area contributed by atoms with Crippen molar-refractivity contribution in [2.75, 3.05) is 0 Å². The van der Waals surface area contributed by atoms with Gasteiger partial charge in [0.15, 0.2) is 6.10 Å². The Kier molecular flexibility index (Phi) is 5.81. The summed E-state index contributed by atoms with van der Waals surface area (Å²) >= 11 is 11.8. The number of amides is 1. The highest BCUT2D eigenvalue weighted by atomic mass is 35.5. The summed E-state index contributed by atoms with van der Waals surface area (Å²) in [4.78, 5) is 11.9. The molecular weight excluding hydrogens is 323 g/mol. The molecule has 0 aliphatic heterocycles. The highest BCUT2D eigenvalue weighted by Gasteiger charge is 2.13. The third-order valence-electron chi connectivity index (χ3n) is 2.78. The number of halogens is 2. The first-order valence-corrected chi connectivity index (χ1v) is 7.31. The van der Waals surface area contributed by atoms with Gasteiger partial charge in [0, 0.05) is 15.6 Å². The molecule has 22 heavy (non-hydrogen) atoms. The summed E-state index contributed by atoms with van der Waals surface area (Å²) in [6.45, 7) is 1.63. The number of carbonyl (C=O) groups is 1. The van der Waals surface area contributed by atoms with Crippen molar-refractivity contribution < 1.29 is 9.53 Å². The second-order valence-electron chi connectivity index (χ2n) is 4.47. The zero-order chi connectivity index (χ0) is 15.9. The first kappa shape index (κ1) is 16.3. The van der Waals surface area contributed by atoms with Gasteiger partial charge in [-0.05, 0) is 37.3 Å². The number of nitrogens with zero attached hydrogens (tertiary/aromatic N) is 1. The molecule has 6 heteroatoms. The van der Waals surface area contributed by atoms with E-state index in [0.29, 0.717) is 15.8 Å². The summed E-state index contributed by atoms with van der Waals surface area (Å²) in [5.74, 6) is 0.195. The minimum Gasteiger partial charge on any atom is -0.481 e. The lowest BCUT2D eigenvalue weighted by molar-refractivity contribution is -0.127. The number of hydrogen-bond acceptors (Lipinski definition) is 3. The molecule has 0 fully saturated rings. The van der Waals surface area contributed by atoms with Crippen molar-refractivity contribution in [3.63, 3.8) is 0 Å². The number of hydrogen-bond donors (Lipinski definition) is 1. The van der Waals surface area contributed by atoms with Crippen LogP contribution in [0.25, 0.3) is 0 Å². The van der Waals surface area contributed by atoms with Gasteiger partial charge in [-0.1, -0.05) is 41.4 Å². The van der Waals surface area contributed by atoms with Crippen LogP contribution in [0.5, 0.6) is 5.75 Å². The Morgan fingerprint density at radius 2 is 1.86 bits per heavy atom. The molecule has 0 unspecified atom stereocenters. The zero-order valence-electron chi connectivity index (χ0n) is 11.8. The summed E-state index contributed by atoms with van der Waals surface area (Å²) < 4.78 is 5.49. The van der Waals surface area contributed by atoms with Crippen molar-refractivity contribution in [3.05, 3.63) is 64.1 Å². The second-order valence-corrected chi connectivity index (χ2v) is 5.31. The van der Waals surface area contributed by atoms with Crippen molar-refractivity contribution in [2.24, 2.45) is 5.10 Å². The summed E-state index contributed by atoms with van der Waals surface area (Å²) in [7, 11) is 0. The molecule has 1 atom stereocenters. The molecule has 0 aliphatic carbocycles. The van der Waals surface area contributed by atoms with E-state index in [1.54, 1.807) is 43.3 Å². The lowest BCUT2D eigenvalue weighted by Crippen LogP contribution is -2.33. The molecule has 1 N–H and O–H groups in total. The van der Waals surface area contributed by atoms with E-state index in [-0.39, 0.29) is 5.91 Å². The van der Waals surface area contributed by atoms with Gasteiger partial charge < -0.3 is 4.74 Å². The van der Waals surface area contributed by atoms with Gasteiger partial charge >= 0.3 is 0 Å². The SMILES string of the molecule is C[C@@H](Oc1ccc(Cl)cc1)C(=O)N/N=C\c1ccccc1Cl. The molecule has 2 rings (SSSR count). The average Bonchev–Trinajstić information content (AvgIpc) is 2.51. The van der Waals surface area contributed by atoms with Gasteiger partial charge in [-0.25, -0.2) is 5.43 Å². The molecule has 114 valence electrons. The number of benzene rings is 2. The molecule has 0 heterocycles. The van der Waals surface area contributed by atoms with Gasteiger partial charge in [0.1, 0.15) is 5.75 Å². The van der Waals surface area contributed by atoms with E-state index in [4.69, 9.17) is 27.9 Å². The van der Waals surface area contributed by atoms with Crippen molar-refractivity contribution in [3.8, 4) is 5.75 Å². The van der Waals surface area contributed by atoms with E-state index in [9.17, 15) is 4.79 Å². The minimum atomic E-state index is -0.690. The fourth-order valence-corrected chi connectivity index (χ4v) is 1.92. The van der Waals surface area contributed by atoms with Crippen LogP contribution in [-0.4, -0.2) is 18.2 Å². The summed E-state index contributed by atoms with van der Waals surface area (Å²) in [6, 6.07) is 14.0. The smallest absolute Gasteiger partial charge is 0.280 e. The van der Waals surface area contributed by atoms with Crippen molar-refractivity contribution >= 4 is 35.3 Å². The van der Waals surface area contributed by atoms with Gasteiger partial charge in [0.05, 0.1) is 6.21 Å². The van der Waals surface area contributed by atoms with Gasteiger partial charge in [-0.15, -0.1) is 0 Å². The van der Waals surface area contributed by atoms with Crippen molar-refractivity contribution in [2.45, 2.75) is 13.0 Å². The zero-order valence-corrected chi connectivity index (χ0v) is 13.3. The molecule has 0 radical (unpaired) electrons. The van der Waals surface area contributed by atoms with Crippen LogP contribution >= 0.6 is 23.2 Å². The minimum absolute atomic E-state index is 0.363. The van der Waals surface area contributed by atoms with Gasteiger partial charge in [0.2, 0.25) is 0 Å². The molecule has 2 aromatic rings. The summed E-state index contributed by atoms with van der Waals surface area (Å²) in [5, 5.41) is 5.04. The van der Waals surface area contributed by atoms with Crippen molar-refractivity contribution in [1.82, 2.24) is 5.43 Å². The van der Waals surface area contributed by atoms with E-state index in [1.807, 2.05) is 12.1 Å². The molecule has 0 bridgehead atoms. The van der Waals surface area contributed by atoms with Gasteiger partial charge in [0.25, 0.3) is 5.91 Å². The third-order valence-corrected chi connectivity index (χ3v) is 3.38. The first-order valence-electron chi connectivity index (χ1n) is 6.56. The van der Waals surface area contributed by atoms with Crippen LogP contribution in [0.4, 0.5) is 0 Å². The number of hydrazone groups is 1. The molecule has 0 saturated carbocycles. The second kappa shape index (κ2) is 7.82. The molecule has 2 aromatic carbocycles. The van der Waals surface area contributed by atoms with Gasteiger partial charge in [-0.3, -0.25) is 4.79 Å². The van der Waals surface area contributed by atoms with Gasteiger partial charge in [-0.2, -0.15) is 5.10 Å². The molecule has 0 saturated heterocycles. The van der Waals surface area contributed by atoms with Crippen LogP contribution < -0.4 is 10.2 Å². The van der Waals surface area contributed by atoms with E-state index < -0.39 is 6.10 Å². The van der Waals surface area contributed by atoms with E-state index >= 15 is 0 Å². The normalized spacial score (nSPS) is 12.1. The molecular formula is C16H14Cl2N2O2. The molecule has 0 spiro atoms. The highest BCUT2D eigenvalue weighted by Crippen LogP contribution is 2.16. The van der Waals surface area contributed by atoms with E-state index in [0.717, 1.165) is 5.56 Å². The maximum atomic E-state index is 11.9. The Balaban J connectivity index is 1.89. The molecule has 1 amide bonds. The standard InChI is InChI=1S/C16H14Cl2N2O2/c1-11(22-14-8-6-13(17)7-9-14)16(21)20-19-10-12-4-2-3-5-15(12)18/h2-11H,1H3,(H,20,21)/b19-10-/t11-/m1/s1. The summed E-state index contributed by atoms with van der Waals surface area (Å²) in [6.07, 6.45) is 0.791. The third kappa shape index (κ3) is 4.76. The lowest BCUT2D eigenvalue weighted by Gasteiger charge is -2.12. The molecule has 0 aromatic heterocycles. The quantitative estimate of drug-likeness (QED) is 0.664. The maximum absolute atomic E-state index is 11.9. The van der Waals surface area contributed by atoms with Crippen LogP contribution in [0.3, 0.4) is 0 Å². The van der Waals surface area contributed by atoms with Crippen LogP contribution in [0.15, 0.2) is 53.6 Å². The number of carbonyl (C=O) groups excluding carboxylic acids is 1. The van der Waals surface area contributed by atoms with Crippen LogP contribution in [0.2, 0.25) is 10.0 Å². The average molecular weight is 337 g/mol. The Hall–Kier alpha value is -2.04. The van der Waals surface area contributed by atoms with E-state index in [2.05, 4.69) is 10.5 Å². The topological polar surface area (TPSA) is 50.7 Å². The van der Waals surface area contributed by atoms with Crippen LogP contribution in [0.1, 0.15) is 12.5 Å². The predicted octanol–water partition coefficient (Wildman–Crippen LogP) is 3.91. The fraction of sp³-hybridized carbons (Fsp3) is 0.125. The first-order chi connectivity index (χ1) is 10.6. The van der Waals surface area contributed by atoms with Crippen LogP contribution in [-0.2, 0) is 4.79 Å².